The lowest BCUT2D eigenvalue weighted by Crippen LogP contribution is -2.36. The fourth-order valence-electron chi connectivity index (χ4n) is 3.78. The van der Waals surface area contributed by atoms with E-state index in [0.717, 1.165) is 64.9 Å². The molecule has 0 saturated carbocycles. The number of amides is 1. The quantitative estimate of drug-likeness (QED) is 0.405. The molecule has 8 heteroatoms. The molecule has 164 valence electrons. The summed E-state index contributed by atoms with van der Waals surface area (Å²) in [6, 6.07) is 15.5. The van der Waals surface area contributed by atoms with Gasteiger partial charge in [0.1, 0.15) is 5.58 Å². The average Bonchev–Trinajstić information content (AvgIpc) is 3.46. The number of hydrogen-bond acceptors (Lipinski definition) is 7. The number of ether oxygens (including phenoxy) is 1. The van der Waals surface area contributed by atoms with Crippen LogP contribution in [0.15, 0.2) is 58.3 Å². The van der Waals surface area contributed by atoms with Gasteiger partial charge in [-0.2, -0.15) is 11.8 Å². The van der Waals surface area contributed by atoms with Gasteiger partial charge in [-0.3, -0.25) is 4.79 Å². The number of carbonyl (C=O) groups excluding carboxylic acids is 1. The molecule has 0 aliphatic carbocycles. The lowest BCUT2D eigenvalue weighted by Gasteiger charge is -2.26. The minimum Gasteiger partial charge on any atom is -0.451 e. The van der Waals surface area contributed by atoms with E-state index in [1.54, 1.807) is 23.1 Å². The van der Waals surface area contributed by atoms with E-state index in [0.29, 0.717) is 11.5 Å². The summed E-state index contributed by atoms with van der Waals surface area (Å²) in [5.41, 5.74) is 4.34. The first-order valence-corrected chi connectivity index (χ1v) is 12.7. The number of morpholine rings is 1. The molecule has 0 spiro atoms. The number of carbonyl (C=O) groups is 1. The third-order valence-electron chi connectivity index (χ3n) is 5.41. The van der Waals surface area contributed by atoms with Crippen LogP contribution >= 0.6 is 23.1 Å². The third-order valence-corrected chi connectivity index (χ3v) is 6.88. The number of aromatic nitrogens is 1. The maximum Gasteiger partial charge on any atom is 0.291 e. The van der Waals surface area contributed by atoms with Gasteiger partial charge in [-0.25, -0.2) is 4.98 Å². The van der Waals surface area contributed by atoms with Crippen LogP contribution in [-0.2, 0) is 10.5 Å². The molecule has 32 heavy (non-hydrogen) atoms. The zero-order valence-electron chi connectivity index (χ0n) is 17.7. The highest BCUT2D eigenvalue weighted by molar-refractivity contribution is 7.97. The summed E-state index contributed by atoms with van der Waals surface area (Å²) in [6.45, 7) is 3.23. The lowest BCUT2D eigenvalue weighted by atomic mass is 10.1. The van der Waals surface area contributed by atoms with E-state index in [1.165, 1.54) is 0 Å². The Morgan fingerprint density at radius 1 is 1.16 bits per heavy atom. The van der Waals surface area contributed by atoms with Crippen molar-refractivity contribution in [3.63, 3.8) is 0 Å². The Hall–Kier alpha value is -2.81. The molecule has 5 rings (SSSR count). The molecule has 0 radical (unpaired) electrons. The van der Waals surface area contributed by atoms with Gasteiger partial charge in [-0.1, -0.05) is 30.3 Å². The predicted molar refractivity (Wildman–Crippen MR) is 132 cm³/mol. The molecule has 1 aliphatic rings. The van der Waals surface area contributed by atoms with Gasteiger partial charge >= 0.3 is 0 Å². The molecular weight excluding hydrogens is 442 g/mol. The normalized spacial score (nSPS) is 14.1. The number of furan rings is 1. The molecule has 1 fully saturated rings. The van der Waals surface area contributed by atoms with E-state index >= 15 is 0 Å². The molecule has 0 bridgehead atoms. The Bertz CT molecular complexity index is 1230. The summed E-state index contributed by atoms with van der Waals surface area (Å²) in [7, 11) is 0. The number of nitrogens with one attached hydrogen (secondary N) is 1. The number of para-hydroxylation sites is 1. The van der Waals surface area contributed by atoms with Crippen LogP contribution in [-0.4, -0.2) is 43.5 Å². The van der Waals surface area contributed by atoms with Gasteiger partial charge in [0, 0.05) is 46.4 Å². The summed E-state index contributed by atoms with van der Waals surface area (Å²) in [5.74, 6) is 0.856. The molecule has 0 unspecified atom stereocenters. The number of fused-ring (bicyclic) bond motifs is 1. The van der Waals surface area contributed by atoms with Gasteiger partial charge in [0.05, 0.1) is 18.9 Å². The second-order valence-electron chi connectivity index (χ2n) is 7.49. The number of nitrogens with zero attached hydrogens (tertiary/aromatic N) is 2. The highest BCUT2D eigenvalue weighted by atomic mass is 32.2. The van der Waals surface area contributed by atoms with Crippen LogP contribution in [0.1, 0.15) is 16.1 Å². The van der Waals surface area contributed by atoms with Crippen LogP contribution in [0.3, 0.4) is 0 Å². The van der Waals surface area contributed by atoms with Crippen molar-refractivity contribution >= 4 is 50.8 Å². The first-order valence-electron chi connectivity index (χ1n) is 10.4. The van der Waals surface area contributed by atoms with Crippen LogP contribution in [0.2, 0.25) is 0 Å². The number of anilines is 2. The van der Waals surface area contributed by atoms with Crippen LogP contribution in [0.25, 0.3) is 22.2 Å². The fourth-order valence-corrected chi connectivity index (χ4v) is 5.24. The molecule has 2 aromatic carbocycles. The summed E-state index contributed by atoms with van der Waals surface area (Å²) in [4.78, 5) is 20.0. The van der Waals surface area contributed by atoms with E-state index in [2.05, 4.69) is 15.6 Å². The Kier molecular flexibility index (Phi) is 6.16. The molecule has 3 heterocycles. The monoisotopic (exact) mass is 465 g/mol. The maximum atomic E-state index is 13.0. The van der Waals surface area contributed by atoms with Crippen molar-refractivity contribution in [2.45, 2.75) is 5.75 Å². The van der Waals surface area contributed by atoms with Crippen molar-refractivity contribution < 1.29 is 13.9 Å². The molecule has 0 atom stereocenters. The summed E-state index contributed by atoms with van der Waals surface area (Å²) in [6.07, 6.45) is 2.02. The summed E-state index contributed by atoms with van der Waals surface area (Å²) >= 11 is 3.31. The van der Waals surface area contributed by atoms with Crippen molar-refractivity contribution in [1.82, 2.24) is 4.98 Å². The first-order chi connectivity index (χ1) is 15.7. The predicted octanol–water partition coefficient (Wildman–Crippen LogP) is 5.51. The van der Waals surface area contributed by atoms with Crippen molar-refractivity contribution in [3.05, 3.63) is 65.2 Å². The van der Waals surface area contributed by atoms with Gasteiger partial charge in [-0.15, -0.1) is 11.3 Å². The average molecular weight is 466 g/mol. The Morgan fingerprint density at radius 3 is 2.72 bits per heavy atom. The molecule has 1 amide bonds. The van der Waals surface area contributed by atoms with Crippen LogP contribution in [0.4, 0.5) is 10.8 Å². The van der Waals surface area contributed by atoms with Crippen molar-refractivity contribution in [2.75, 3.05) is 42.8 Å². The van der Waals surface area contributed by atoms with Crippen molar-refractivity contribution in [1.29, 1.82) is 0 Å². The lowest BCUT2D eigenvalue weighted by molar-refractivity contribution is 0.0998. The van der Waals surface area contributed by atoms with E-state index in [9.17, 15) is 4.79 Å². The number of benzene rings is 2. The van der Waals surface area contributed by atoms with E-state index < -0.39 is 0 Å². The van der Waals surface area contributed by atoms with Gasteiger partial charge < -0.3 is 19.4 Å². The molecule has 1 N–H and O–H groups in total. The molecule has 1 aliphatic heterocycles. The standard InChI is InChI=1S/C24H23N3O3S2/c1-31-14-19-18-4-2-3-5-21(18)30-22(19)23(28)25-17-8-6-16(7-9-17)20-15-32-24(26-20)27-10-12-29-13-11-27/h2-9,15H,10-14H2,1H3,(H,25,28). The first kappa shape index (κ1) is 21.1. The van der Waals surface area contributed by atoms with Crippen molar-refractivity contribution in [2.24, 2.45) is 0 Å². The highest BCUT2D eigenvalue weighted by Crippen LogP contribution is 2.31. The minimum atomic E-state index is -0.235. The Balaban J connectivity index is 1.32. The second-order valence-corrected chi connectivity index (χ2v) is 9.19. The maximum absolute atomic E-state index is 13.0. The third kappa shape index (κ3) is 4.26. The number of thioether (sulfide) groups is 1. The summed E-state index contributed by atoms with van der Waals surface area (Å²) < 4.78 is 11.3. The SMILES string of the molecule is CSCc1c(C(=O)Nc2ccc(-c3csc(N4CCOCC4)n3)cc2)oc2ccccc12. The molecule has 6 nitrogen and oxygen atoms in total. The Labute approximate surface area is 194 Å². The molecular formula is C24H23N3O3S2. The van der Waals surface area contributed by atoms with E-state index in [4.69, 9.17) is 14.1 Å². The number of hydrogen-bond donors (Lipinski definition) is 1. The van der Waals surface area contributed by atoms with Gasteiger partial charge in [-0.05, 0) is 24.5 Å². The van der Waals surface area contributed by atoms with Gasteiger partial charge in [0.15, 0.2) is 10.9 Å². The number of rotatable bonds is 6. The zero-order chi connectivity index (χ0) is 21.9. The Morgan fingerprint density at radius 2 is 1.94 bits per heavy atom. The molecule has 1 saturated heterocycles. The van der Waals surface area contributed by atoms with Crippen LogP contribution < -0.4 is 10.2 Å². The van der Waals surface area contributed by atoms with Gasteiger partial charge in [0.2, 0.25) is 0 Å². The number of thiazole rings is 1. The fraction of sp³-hybridized carbons (Fsp3) is 0.250. The van der Waals surface area contributed by atoms with Crippen LogP contribution in [0, 0.1) is 0 Å². The van der Waals surface area contributed by atoms with Gasteiger partial charge in [0.25, 0.3) is 5.91 Å². The second kappa shape index (κ2) is 9.36. The summed E-state index contributed by atoms with van der Waals surface area (Å²) in [5, 5.41) is 7.05. The zero-order valence-corrected chi connectivity index (χ0v) is 19.3. The van der Waals surface area contributed by atoms with Crippen molar-refractivity contribution in [3.8, 4) is 11.3 Å². The molecule has 4 aromatic rings. The highest BCUT2D eigenvalue weighted by Gasteiger charge is 2.20. The molecule has 2 aromatic heterocycles. The largest absolute Gasteiger partial charge is 0.451 e. The smallest absolute Gasteiger partial charge is 0.291 e. The van der Waals surface area contributed by atoms with E-state index in [-0.39, 0.29) is 5.91 Å². The minimum absolute atomic E-state index is 0.235. The van der Waals surface area contributed by atoms with E-state index in [1.807, 2.05) is 54.8 Å². The van der Waals surface area contributed by atoms with Crippen LogP contribution in [0.5, 0.6) is 0 Å². The topological polar surface area (TPSA) is 67.6 Å².